The van der Waals surface area contributed by atoms with Crippen LogP contribution in [0, 0.1) is 11.8 Å². The lowest BCUT2D eigenvalue weighted by Crippen LogP contribution is -2.33. The van der Waals surface area contributed by atoms with Crippen LogP contribution in [0.2, 0.25) is 0 Å². The van der Waals surface area contributed by atoms with Gasteiger partial charge in [0.1, 0.15) is 0 Å². The van der Waals surface area contributed by atoms with Gasteiger partial charge < -0.3 is 4.57 Å². The van der Waals surface area contributed by atoms with E-state index >= 15 is 0 Å². The van der Waals surface area contributed by atoms with E-state index in [1.165, 1.54) is 12.8 Å². The molecule has 6 heteroatoms. The standard InChI is InChI=1S/C21H31N3O2S/c1-17(2)16-27(25,26)21-22-13-20(15-23-11-9-18(3)10-12-23)24(21)14-19-7-5-4-6-8-19/h4-8,13,17-18H,9-12,14-16H2,1-3H3. The first-order valence-corrected chi connectivity index (χ1v) is 11.5. The van der Waals surface area contributed by atoms with Gasteiger partial charge in [-0.2, -0.15) is 0 Å². The van der Waals surface area contributed by atoms with Crippen molar-refractivity contribution in [1.82, 2.24) is 14.5 Å². The summed E-state index contributed by atoms with van der Waals surface area (Å²) in [4.78, 5) is 6.78. The molecule has 0 atom stereocenters. The second-order valence-electron chi connectivity index (χ2n) is 8.24. The van der Waals surface area contributed by atoms with Gasteiger partial charge in [0.15, 0.2) is 0 Å². The summed E-state index contributed by atoms with van der Waals surface area (Å²) in [5.74, 6) is 0.973. The molecule has 1 saturated heterocycles. The van der Waals surface area contributed by atoms with Gasteiger partial charge in [0.25, 0.3) is 0 Å². The number of sulfone groups is 1. The third-order valence-corrected chi connectivity index (χ3v) is 7.17. The first-order chi connectivity index (χ1) is 12.8. The molecule has 1 fully saturated rings. The molecule has 1 aliphatic rings. The fourth-order valence-electron chi connectivity index (χ4n) is 3.66. The Bertz CT molecular complexity index is 836. The third kappa shape index (κ3) is 5.20. The number of rotatable bonds is 7. The summed E-state index contributed by atoms with van der Waals surface area (Å²) in [5.41, 5.74) is 2.07. The van der Waals surface area contributed by atoms with Gasteiger partial charge in [-0.25, -0.2) is 13.4 Å². The summed E-state index contributed by atoms with van der Waals surface area (Å²) in [5, 5.41) is 0.209. The first-order valence-electron chi connectivity index (χ1n) is 9.88. The van der Waals surface area contributed by atoms with E-state index in [-0.39, 0.29) is 16.8 Å². The monoisotopic (exact) mass is 389 g/mol. The molecule has 2 aromatic rings. The number of hydrogen-bond acceptors (Lipinski definition) is 4. The van der Waals surface area contributed by atoms with Crippen molar-refractivity contribution in [3.63, 3.8) is 0 Å². The second-order valence-corrected chi connectivity index (χ2v) is 10.2. The van der Waals surface area contributed by atoms with Crippen molar-refractivity contribution in [2.45, 2.75) is 51.9 Å². The normalized spacial score (nSPS) is 16.9. The molecule has 2 heterocycles. The second kappa shape index (κ2) is 8.57. The summed E-state index contributed by atoms with van der Waals surface area (Å²) in [6.07, 6.45) is 4.16. The molecule has 0 saturated carbocycles. The molecule has 1 aromatic heterocycles. The summed E-state index contributed by atoms with van der Waals surface area (Å²) < 4.78 is 27.7. The number of aromatic nitrogens is 2. The van der Waals surface area contributed by atoms with Crippen molar-refractivity contribution in [3.8, 4) is 0 Å². The Morgan fingerprint density at radius 3 is 2.41 bits per heavy atom. The SMILES string of the molecule is CC(C)CS(=O)(=O)c1ncc(CN2CCC(C)CC2)n1Cc1ccccc1. The minimum atomic E-state index is -3.41. The number of likely N-dealkylation sites (tertiary alicyclic amines) is 1. The predicted octanol–water partition coefficient (Wildman–Crippen LogP) is 3.59. The van der Waals surface area contributed by atoms with Crippen LogP contribution in [0.4, 0.5) is 0 Å². The summed E-state index contributed by atoms with van der Waals surface area (Å²) >= 11 is 0. The lowest BCUT2D eigenvalue weighted by Gasteiger charge is -2.30. The highest BCUT2D eigenvalue weighted by Crippen LogP contribution is 2.22. The molecule has 0 radical (unpaired) electrons. The van der Waals surface area contributed by atoms with E-state index in [9.17, 15) is 8.42 Å². The molecular weight excluding hydrogens is 358 g/mol. The zero-order valence-electron chi connectivity index (χ0n) is 16.6. The average molecular weight is 390 g/mol. The summed E-state index contributed by atoms with van der Waals surface area (Å²) in [6.45, 7) is 9.57. The van der Waals surface area contributed by atoms with Crippen LogP contribution in [-0.2, 0) is 22.9 Å². The maximum Gasteiger partial charge on any atom is 0.228 e. The van der Waals surface area contributed by atoms with Crippen LogP contribution in [0.15, 0.2) is 41.7 Å². The van der Waals surface area contributed by atoms with E-state index in [4.69, 9.17) is 0 Å². The van der Waals surface area contributed by atoms with Gasteiger partial charge in [-0.05, 0) is 43.3 Å². The largest absolute Gasteiger partial charge is 0.313 e. The Morgan fingerprint density at radius 2 is 1.78 bits per heavy atom. The van der Waals surface area contributed by atoms with Crippen molar-refractivity contribution in [2.24, 2.45) is 11.8 Å². The van der Waals surface area contributed by atoms with Crippen LogP contribution in [0.25, 0.3) is 0 Å². The van der Waals surface area contributed by atoms with Crippen LogP contribution in [0.3, 0.4) is 0 Å². The number of nitrogens with zero attached hydrogens (tertiary/aromatic N) is 3. The van der Waals surface area contributed by atoms with Crippen molar-refractivity contribution < 1.29 is 8.42 Å². The van der Waals surface area contributed by atoms with Crippen LogP contribution in [0.1, 0.15) is 44.9 Å². The lowest BCUT2D eigenvalue weighted by molar-refractivity contribution is 0.181. The van der Waals surface area contributed by atoms with Crippen molar-refractivity contribution in [1.29, 1.82) is 0 Å². The number of benzene rings is 1. The van der Waals surface area contributed by atoms with Gasteiger partial charge in [0, 0.05) is 6.54 Å². The molecule has 3 rings (SSSR count). The van der Waals surface area contributed by atoms with Crippen molar-refractivity contribution >= 4 is 9.84 Å². The van der Waals surface area contributed by atoms with Crippen LogP contribution in [-0.4, -0.2) is 41.7 Å². The van der Waals surface area contributed by atoms with E-state index in [2.05, 4.69) is 16.8 Å². The highest BCUT2D eigenvalue weighted by atomic mass is 32.2. The molecule has 0 N–H and O–H groups in total. The molecule has 148 valence electrons. The number of imidazole rings is 1. The van der Waals surface area contributed by atoms with Gasteiger partial charge in [0.05, 0.1) is 24.2 Å². The summed E-state index contributed by atoms with van der Waals surface area (Å²) in [7, 11) is -3.41. The van der Waals surface area contributed by atoms with Gasteiger partial charge >= 0.3 is 0 Å². The Balaban J connectivity index is 1.90. The molecule has 0 bridgehead atoms. The fraction of sp³-hybridized carbons (Fsp3) is 0.571. The van der Waals surface area contributed by atoms with Crippen LogP contribution >= 0.6 is 0 Å². The summed E-state index contributed by atoms with van der Waals surface area (Å²) in [6, 6.07) is 10.0. The van der Waals surface area contributed by atoms with Gasteiger partial charge in [-0.1, -0.05) is 51.1 Å². The Labute approximate surface area is 163 Å². The molecule has 27 heavy (non-hydrogen) atoms. The minimum absolute atomic E-state index is 0.0731. The zero-order valence-corrected chi connectivity index (χ0v) is 17.5. The highest BCUT2D eigenvalue weighted by Gasteiger charge is 2.26. The minimum Gasteiger partial charge on any atom is -0.313 e. The van der Waals surface area contributed by atoms with Gasteiger partial charge in [-0.15, -0.1) is 0 Å². The molecule has 5 nitrogen and oxygen atoms in total. The average Bonchev–Trinajstić information content (AvgIpc) is 3.00. The Hall–Kier alpha value is -1.66. The maximum atomic E-state index is 12.9. The molecule has 0 unspecified atom stereocenters. The maximum absolute atomic E-state index is 12.9. The van der Waals surface area contributed by atoms with Gasteiger partial charge in [0.2, 0.25) is 15.0 Å². The zero-order chi connectivity index (χ0) is 19.4. The van der Waals surface area contributed by atoms with Crippen LogP contribution in [0.5, 0.6) is 0 Å². The smallest absolute Gasteiger partial charge is 0.228 e. The van der Waals surface area contributed by atoms with Crippen molar-refractivity contribution in [3.05, 3.63) is 47.8 Å². The molecule has 0 amide bonds. The van der Waals surface area contributed by atoms with E-state index < -0.39 is 9.84 Å². The highest BCUT2D eigenvalue weighted by molar-refractivity contribution is 7.91. The first kappa shape index (κ1) is 20.1. The van der Waals surface area contributed by atoms with E-state index in [0.29, 0.717) is 6.54 Å². The van der Waals surface area contributed by atoms with E-state index in [0.717, 1.165) is 36.8 Å². The van der Waals surface area contributed by atoms with E-state index in [1.54, 1.807) is 6.20 Å². The predicted molar refractivity (Wildman–Crippen MR) is 108 cm³/mol. The molecule has 1 aliphatic heterocycles. The molecule has 0 spiro atoms. The Morgan fingerprint density at radius 1 is 1.11 bits per heavy atom. The van der Waals surface area contributed by atoms with Crippen LogP contribution < -0.4 is 0 Å². The van der Waals surface area contributed by atoms with Crippen molar-refractivity contribution in [2.75, 3.05) is 18.8 Å². The molecular formula is C21H31N3O2S. The Kier molecular flexibility index (Phi) is 6.37. The van der Waals surface area contributed by atoms with E-state index in [1.807, 2.05) is 48.7 Å². The topological polar surface area (TPSA) is 55.2 Å². The molecule has 1 aromatic carbocycles. The van der Waals surface area contributed by atoms with Gasteiger partial charge in [-0.3, -0.25) is 4.90 Å². The lowest BCUT2D eigenvalue weighted by atomic mass is 9.99. The quantitative estimate of drug-likeness (QED) is 0.726. The fourth-order valence-corrected chi connectivity index (χ4v) is 5.42. The molecule has 0 aliphatic carbocycles. The third-order valence-electron chi connectivity index (χ3n) is 5.18. The number of piperidine rings is 1. The number of hydrogen-bond donors (Lipinski definition) is 0.